The fourth-order valence-corrected chi connectivity index (χ4v) is 3.15. The van der Waals surface area contributed by atoms with Crippen LogP contribution in [0, 0.1) is 0 Å². The van der Waals surface area contributed by atoms with Crippen LogP contribution in [0.5, 0.6) is 5.75 Å². The average Bonchev–Trinajstić information content (AvgIpc) is 2.82. The fraction of sp³-hybridized carbons (Fsp3) is 0.143. The number of ether oxygens (including phenoxy) is 2. The molecule has 0 radical (unpaired) electrons. The van der Waals surface area contributed by atoms with Crippen molar-refractivity contribution in [3.63, 3.8) is 0 Å². The highest BCUT2D eigenvalue weighted by molar-refractivity contribution is 7.18. The van der Waals surface area contributed by atoms with Gasteiger partial charge in [-0.15, -0.1) is 11.3 Å². The SMILES string of the molecule is COC(=O)c1sc(-c2ccccc2)c(Cl)c1OCC(=O)O. The first-order chi connectivity index (χ1) is 10.0. The van der Waals surface area contributed by atoms with Crippen LogP contribution in [0.3, 0.4) is 0 Å². The van der Waals surface area contributed by atoms with E-state index < -0.39 is 18.5 Å². The first kappa shape index (κ1) is 15.3. The lowest BCUT2D eigenvalue weighted by atomic mass is 10.2. The number of hydrogen-bond donors (Lipinski definition) is 1. The second-order valence-electron chi connectivity index (χ2n) is 3.94. The Kier molecular flexibility index (Phi) is 4.82. The monoisotopic (exact) mass is 326 g/mol. The molecule has 0 aliphatic heterocycles. The van der Waals surface area contributed by atoms with Gasteiger partial charge in [0.2, 0.25) is 0 Å². The fourth-order valence-electron chi connectivity index (χ4n) is 1.66. The van der Waals surface area contributed by atoms with Crippen LogP contribution in [0.4, 0.5) is 0 Å². The summed E-state index contributed by atoms with van der Waals surface area (Å²) in [6.45, 7) is -0.589. The van der Waals surface area contributed by atoms with Crippen LogP contribution >= 0.6 is 22.9 Å². The maximum absolute atomic E-state index is 11.8. The van der Waals surface area contributed by atoms with Gasteiger partial charge in [-0.05, 0) is 5.56 Å². The van der Waals surface area contributed by atoms with Gasteiger partial charge in [0.15, 0.2) is 17.2 Å². The van der Waals surface area contributed by atoms with Crippen LogP contribution in [-0.4, -0.2) is 30.8 Å². The molecule has 0 amide bonds. The third-order valence-corrected chi connectivity index (χ3v) is 4.23. The van der Waals surface area contributed by atoms with E-state index in [-0.39, 0.29) is 15.6 Å². The van der Waals surface area contributed by atoms with Crippen LogP contribution in [0.2, 0.25) is 5.02 Å². The molecule has 0 saturated heterocycles. The van der Waals surface area contributed by atoms with E-state index in [0.717, 1.165) is 16.9 Å². The molecule has 0 spiro atoms. The maximum atomic E-state index is 11.8. The van der Waals surface area contributed by atoms with Gasteiger partial charge in [-0.2, -0.15) is 0 Å². The zero-order chi connectivity index (χ0) is 15.4. The first-order valence-corrected chi connectivity index (χ1v) is 7.04. The number of carboxylic acid groups (broad SMARTS) is 1. The minimum atomic E-state index is -1.16. The number of carbonyl (C=O) groups excluding carboxylic acids is 1. The summed E-state index contributed by atoms with van der Waals surface area (Å²) in [7, 11) is 1.24. The number of methoxy groups -OCH3 is 1. The van der Waals surface area contributed by atoms with Crippen molar-refractivity contribution in [2.75, 3.05) is 13.7 Å². The molecule has 0 saturated carbocycles. The third-order valence-electron chi connectivity index (χ3n) is 2.56. The number of halogens is 1. The Morgan fingerprint density at radius 2 is 1.95 bits per heavy atom. The lowest BCUT2D eigenvalue weighted by molar-refractivity contribution is -0.139. The quantitative estimate of drug-likeness (QED) is 0.853. The number of benzene rings is 1. The van der Waals surface area contributed by atoms with Crippen LogP contribution in [-0.2, 0) is 9.53 Å². The van der Waals surface area contributed by atoms with Gasteiger partial charge < -0.3 is 14.6 Å². The number of thiophene rings is 1. The summed E-state index contributed by atoms with van der Waals surface area (Å²) in [5.74, 6) is -1.74. The largest absolute Gasteiger partial charge is 0.479 e. The minimum absolute atomic E-state index is 0.0368. The number of carbonyl (C=O) groups is 2. The Morgan fingerprint density at radius 1 is 1.29 bits per heavy atom. The predicted molar refractivity (Wildman–Crippen MR) is 79.2 cm³/mol. The second-order valence-corrected chi connectivity index (χ2v) is 5.34. The van der Waals surface area contributed by atoms with Crippen LogP contribution in [0.1, 0.15) is 9.67 Å². The molecule has 7 heteroatoms. The van der Waals surface area contributed by atoms with Crippen LogP contribution in [0.25, 0.3) is 10.4 Å². The number of hydrogen-bond acceptors (Lipinski definition) is 5. The van der Waals surface area contributed by atoms with Gasteiger partial charge in [0.1, 0.15) is 5.02 Å². The molecule has 0 unspecified atom stereocenters. The Hall–Kier alpha value is -2.05. The molecule has 5 nitrogen and oxygen atoms in total. The van der Waals surface area contributed by atoms with E-state index in [0.29, 0.717) is 4.88 Å². The first-order valence-electron chi connectivity index (χ1n) is 5.85. The van der Waals surface area contributed by atoms with Gasteiger partial charge in [-0.3, -0.25) is 0 Å². The van der Waals surface area contributed by atoms with Gasteiger partial charge >= 0.3 is 11.9 Å². The summed E-state index contributed by atoms with van der Waals surface area (Å²) < 4.78 is 9.81. The second kappa shape index (κ2) is 6.60. The molecule has 1 N–H and O–H groups in total. The molecule has 110 valence electrons. The molecular formula is C14H11ClO5S. The highest BCUT2D eigenvalue weighted by Gasteiger charge is 2.25. The summed E-state index contributed by atoms with van der Waals surface area (Å²) in [5.41, 5.74) is 0.808. The summed E-state index contributed by atoms with van der Waals surface area (Å²) in [5, 5.41) is 8.90. The molecule has 1 heterocycles. The molecular weight excluding hydrogens is 316 g/mol. The minimum Gasteiger partial charge on any atom is -0.479 e. The van der Waals surface area contributed by atoms with Crippen molar-refractivity contribution in [3.05, 3.63) is 40.2 Å². The molecule has 2 rings (SSSR count). The van der Waals surface area contributed by atoms with E-state index in [2.05, 4.69) is 4.74 Å². The molecule has 0 atom stereocenters. The van der Waals surface area contributed by atoms with E-state index >= 15 is 0 Å². The number of aliphatic carboxylic acids is 1. The topological polar surface area (TPSA) is 72.8 Å². The van der Waals surface area contributed by atoms with Crippen molar-refractivity contribution in [3.8, 4) is 16.2 Å². The van der Waals surface area contributed by atoms with E-state index in [1.807, 2.05) is 30.3 Å². The lowest BCUT2D eigenvalue weighted by Gasteiger charge is -2.04. The molecule has 0 aliphatic carbocycles. The standard InChI is InChI=1S/C14H11ClO5S/c1-19-14(18)13-11(20-7-9(16)17)10(15)12(21-13)8-5-3-2-4-6-8/h2-6H,7H2,1H3,(H,16,17). The van der Waals surface area contributed by atoms with Gasteiger partial charge in [0, 0.05) is 0 Å². The number of carboxylic acids is 1. The highest BCUT2D eigenvalue weighted by atomic mass is 35.5. The van der Waals surface area contributed by atoms with Crippen LogP contribution in [0.15, 0.2) is 30.3 Å². The predicted octanol–water partition coefficient (Wildman–Crippen LogP) is 3.32. The summed E-state index contributed by atoms with van der Waals surface area (Å²) in [6, 6.07) is 9.19. The molecule has 0 aliphatic rings. The normalized spacial score (nSPS) is 10.2. The molecule has 2 aromatic rings. The van der Waals surface area contributed by atoms with Crippen molar-refractivity contribution in [2.45, 2.75) is 0 Å². The van der Waals surface area contributed by atoms with Gasteiger partial charge in [0.05, 0.1) is 12.0 Å². The van der Waals surface area contributed by atoms with E-state index in [9.17, 15) is 9.59 Å². The Balaban J connectivity index is 2.49. The molecule has 0 bridgehead atoms. The smallest absolute Gasteiger partial charge is 0.351 e. The van der Waals surface area contributed by atoms with Gasteiger partial charge in [-0.25, -0.2) is 9.59 Å². The average molecular weight is 327 g/mol. The van der Waals surface area contributed by atoms with Gasteiger partial charge in [-0.1, -0.05) is 41.9 Å². The molecule has 1 aromatic carbocycles. The molecule has 1 aromatic heterocycles. The van der Waals surface area contributed by atoms with E-state index in [1.54, 1.807) is 0 Å². The van der Waals surface area contributed by atoms with E-state index in [4.69, 9.17) is 21.4 Å². The zero-order valence-electron chi connectivity index (χ0n) is 11.0. The van der Waals surface area contributed by atoms with Crippen molar-refractivity contribution in [2.24, 2.45) is 0 Å². The number of rotatable bonds is 5. The molecule has 21 heavy (non-hydrogen) atoms. The Bertz CT molecular complexity index is 666. The summed E-state index contributed by atoms with van der Waals surface area (Å²) in [6.07, 6.45) is 0. The van der Waals surface area contributed by atoms with E-state index in [1.165, 1.54) is 7.11 Å². The number of esters is 1. The third kappa shape index (κ3) is 3.34. The van der Waals surface area contributed by atoms with Crippen molar-refractivity contribution < 1.29 is 24.2 Å². The lowest BCUT2D eigenvalue weighted by Crippen LogP contribution is -2.11. The Labute approximate surface area is 129 Å². The van der Waals surface area contributed by atoms with Crippen molar-refractivity contribution in [1.82, 2.24) is 0 Å². The Morgan fingerprint density at radius 3 is 2.52 bits per heavy atom. The van der Waals surface area contributed by atoms with Gasteiger partial charge in [0.25, 0.3) is 0 Å². The van der Waals surface area contributed by atoms with Crippen molar-refractivity contribution in [1.29, 1.82) is 0 Å². The van der Waals surface area contributed by atoms with Crippen LogP contribution < -0.4 is 4.74 Å². The van der Waals surface area contributed by atoms with Crippen molar-refractivity contribution >= 4 is 34.9 Å². The summed E-state index contributed by atoms with van der Waals surface area (Å²) >= 11 is 7.33. The maximum Gasteiger partial charge on any atom is 0.351 e. The molecule has 0 fully saturated rings. The summed E-state index contributed by atoms with van der Waals surface area (Å²) in [4.78, 5) is 23.2. The highest BCUT2D eigenvalue weighted by Crippen LogP contribution is 2.45. The zero-order valence-corrected chi connectivity index (χ0v) is 12.5.